The number of ether oxygens (including phenoxy) is 2. The Balaban J connectivity index is 0.00000576. The van der Waals surface area contributed by atoms with Gasteiger partial charge in [0.15, 0.2) is 5.96 Å². The molecule has 1 unspecified atom stereocenters. The molecule has 7 heteroatoms. The maximum Gasteiger partial charge on any atom is 0.191 e. The van der Waals surface area contributed by atoms with E-state index in [0.29, 0.717) is 12.0 Å². The van der Waals surface area contributed by atoms with Crippen LogP contribution < -0.4 is 10.6 Å². The quantitative estimate of drug-likeness (QED) is 0.210. The molecular weight excluding hydrogens is 431 g/mol. The van der Waals surface area contributed by atoms with Crippen LogP contribution in [-0.4, -0.2) is 76.6 Å². The van der Waals surface area contributed by atoms with Crippen LogP contribution in [0.15, 0.2) is 4.99 Å². The number of nitrogens with zero attached hydrogens (tertiary/aromatic N) is 2. The van der Waals surface area contributed by atoms with Gasteiger partial charge in [-0.05, 0) is 18.8 Å². The van der Waals surface area contributed by atoms with Gasteiger partial charge in [0.2, 0.25) is 0 Å². The number of halogens is 1. The predicted octanol–water partition coefficient (Wildman–Crippen LogP) is 2.33. The first-order chi connectivity index (χ1) is 11.7. The summed E-state index contributed by atoms with van der Waals surface area (Å²) in [6, 6.07) is 0.522. The van der Waals surface area contributed by atoms with Crippen LogP contribution in [0.1, 0.15) is 40.0 Å². The summed E-state index contributed by atoms with van der Waals surface area (Å²) in [5.41, 5.74) is 0. The van der Waals surface area contributed by atoms with Crippen molar-refractivity contribution in [2.24, 2.45) is 10.9 Å². The minimum atomic E-state index is 0. The maximum atomic E-state index is 5.57. The fourth-order valence-corrected chi connectivity index (χ4v) is 2.87. The second-order valence-corrected chi connectivity index (χ2v) is 6.78. The summed E-state index contributed by atoms with van der Waals surface area (Å²) >= 11 is 0. The fraction of sp³-hybridized carbons (Fsp3) is 0.944. The lowest BCUT2D eigenvalue weighted by Crippen LogP contribution is -2.51. The van der Waals surface area contributed by atoms with Gasteiger partial charge in [0.05, 0.1) is 19.8 Å². The Morgan fingerprint density at radius 1 is 1.20 bits per heavy atom. The van der Waals surface area contributed by atoms with Crippen molar-refractivity contribution in [2.75, 3.05) is 59.7 Å². The highest BCUT2D eigenvalue weighted by Crippen LogP contribution is 2.12. The van der Waals surface area contributed by atoms with E-state index in [4.69, 9.17) is 9.47 Å². The third-order valence-electron chi connectivity index (χ3n) is 4.22. The molecule has 0 aromatic rings. The Kier molecular flexibility index (Phi) is 16.0. The van der Waals surface area contributed by atoms with Crippen LogP contribution in [0.4, 0.5) is 0 Å². The molecule has 1 fully saturated rings. The zero-order valence-corrected chi connectivity index (χ0v) is 18.9. The molecule has 0 saturated carbocycles. The molecule has 1 atom stereocenters. The van der Waals surface area contributed by atoms with Crippen LogP contribution in [0.2, 0.25) is 0 Å². The molecule has 1 heterocycles. The highest BCUT2D eigenvalue weighted by atomic mass is 127. The summed E-state index contributed by atoms with van der Waals surface area (Å²) in [6.45, 7) is 13.7. The SMILES string of the molecule is CCCCOCCNC(=NC)NCC(CC(C)C)N1CCOCC1.I. The van der Waals surface area contributed by atoms with E-state index in [1.807, 2.05) is 7.05 Å². The smallest absolute Gasteiger partial charge is 0.191 e. The number of rotatable bonds is 11. The summed E-state index contributed by atoms with van der Waals surface area (Å²) in [6.07, 6.45) is 3.49. The summed E-state index contributed by atoms with van der Waals surface area (Å²) in [7, 11) is 1.82. The van der Waals surface area contributed by atoms with Crippen molar-refractivity contribution in [1.29, 1.82) is 0 Å². The Bertz CT molecular complexity index is 337. The number of aliphatic imine (C=N–C) groups is 1. The Labute approximate surface area is 171 Å². The van der Waals surface area contributed by atoms with Crippen molar-refractivity contribution < 1.29 is 9.47 Å². The molecule has 0 aliphatic carbocycles. The molecule has 1 aliphatic heterocycles. The van der Waals surface area contributed by atoms with E-state index in [-0.39, 0.29) is 24.0 Å². The van der Waals surface area contributed by atoms with Gasteiger partial charge in [0, 0.05) is 45.9 Å². The number of morpholine rings is 1. The summed E-state index contributed by atoms with van der Waals surface area (Å²) in [4.78, 5) is 6.85. The largest absolute Gasteiger partial charge is 0.380 e. The van der Waals surface area contributed by atoms with Gasteiger partial charge in [-0.25, -0.2) is 0 Å². The third kappa shape index (κ3) is 12.0. The Morgan fingerprint density at radius 2 is 1.92 bits per heavy atom. The standard InChI is InChI=1S/C18H38N4O2.HI/c1-5-6-10-23-11-7-20-18(19-4)21-15-17(14-16(2)3)22-8-12-24-13-9-22;/h16-17H,5-15H2,1-4H3,(H2,19,20,21);1H. The monoisotopic (exact) mass is 470 g/mol. The van der Waals surface area contributed by atoms with E-state index in [9.17, 15) is 0 Å². The Morgan fingerprint density at radius 3 is 2.52 bits per heavy atom. The third-order valence-corrected chi connectivity index (χ3v) is 4.22. The van der Waals surface area contributed by atoms with Crippen LogP contribution in [0.5, 0.6) is 0 Å². The molecule has 6 nitrogen and oxygen atoms in total. The van der Waals surface area contributed by atoms with Crippen LogP contribution >= 0.6 is 24.0 Å². The van der Waals surface area contributed by atoms with Gasteiger partial charge in [-0.15, -0.1) is 24.0 Å². The topological polar surface area (TPSA) is 58.1 Å². The van der Waals surface area contributed by atoms with Gasteiger partial charge in [0.1, 0.15) is 0 Å². The van der Waals surface area contributed by atoms with Crippen molar-refractivity contribution in [3.63, 3.8) is 0 Å². The average Bonchev–Trinajstić information content (AvgIpc) is 2.59. The van der Waals surface area contributed by atoms with E-state index in [1.165, 1.54) is 12.8 Å². The summed E-state index contributed by atoms with van der Waals surface area (Å²) < 4.78 is 11.1. The minimum Gasteiger partial charge on any atom is -0.380 e. The van der Waals surface area contributed by atoms with Crippen LogP contribution in [0.3, 0.4) is 0 Å². The average molecular weight is 470 g/mol. The van der Waals surface area contributed by atoms with E-state index < -0.39 is 0 Å². The Hall–Kier alpha value is -0.120. The number of hydrogen-bond donors (Lipinski definition) is 2. The van der Waals surface area contributed by atoms with E-state index >= 15 is 0 Å². The zero-order valence-electron chi connectivity index (χ0n) is 16.6. The van der Waals surface area contributed by atoms with Gasteiger partial charge in [-0.1, -0.05) is 27.2 Å². The lowest BCUT2D eigenvalue weighted by molar-refractivity contribution is 0.0132. The van der Waals surface area contributed by atoms with Gasteiger partial charge in [0.25, 0.3) is 0 Å². The van der Waals surface area contributed by atoms with Crippen LogP contribution in [0, 0.1) is 5.92 Å². The molecule has 0 aromatic carbocycles. The molecule has 0 aromatic heterocycles. The van der Waals surface area contributed by atoms with Crippen LogP contribution in [-0.2, 0) is 9.47 Å². The van der Waals surface area contributed by atoms with Crippen molar-refractivity contribution in [1.82, 2.24) is 15.5 Å². The highest BCUT2D eigenvalue weighted by molar-refractivity contribution is 14.0. The molecule has 0 bridgehead atoms. The van der Waals surface area contributed by atoms with E-state index in [0.717, 1.165) is 65.0 Å². The first-order valence-corrected chi connectivity index (χ1v) is 9.51. The minimum absolute atomic E-state index is 0. The van der Waals surface area contributed by atoms with Crippen molar-refractivity contribution >= 4 is 29.9 Å². The zero-order chi connectivity index (χ0) is 17.6. The van der Waals surface area contributed by atoms with Crippen LogP contribution in [0.25, 0.3) is 0 Å². The van der Waals surface area contributed by atoms with E-state index in [2.05, 4.69) is 41.3 Å². The second-order valence-electron chi connectivity index (χ2n) is 6.78. The maximum absolute atomic E-state index is 5.57. The highest BCUT2D eigenvalue weighted by Gasteiger charge is 2.22. The normalized spacial score (nSPS) is 17.2. The molecule has 25 heavy (non-hydrogen) atoms. The van der Waals surface area contributed by atoms with E-state index in [1.54, 1.807) is 0 Å². The first kappa shape index (κ1) is 24.9. The summed E-state index contributed by atoms with van der Waals surface area (Å²) in [5.74, 6) is 1.54. The summed E-state index contributed by atoms with van der Waals surface area (Å²) in [5, 5.41) is 6.80. The second kappa shape index (κ2) is 16.1. The van der Waals surface area contributed by atoms with Gasteiger partial charge in [-0.3, -0.25) is 9.89 Å². The molecular formula is C18H39IN4O2. The molecule has 0 spiro atoms. The van der Waals surface area contributed by atoms with Crippen molar-refractivity contribution in [2.45, 2.75) is 46.1 Å². The number of unbranched alkanes of at least 4 members (excludes halogenated alkanes) is 1. The van der Waals surface area contributed by atoms with Gasteiger partial charge in [-0.2, -0.15) is 0 Å². The van der Waals surface area contributed by atoms with Crippen molar-refractivity contribution in [3.05, 3.63) is 0 Å². The lowest BCUT2D eigenvalue weighted by Gasteiger charge is -2.35. The number of guanidine groups is 1. The molecule has 1 rings (SSSR count). The number of nitrogens with one attached hydrogen (secondary N) is 2. The molecule has 2 N–H and O–H groups in total. The molecule has 1 saturated heterocycles. The van der Waals surface area contributed by atoms with Crippen molar-refractivity contribution in [3.8, 4) is 0 Å². The molecule has 150 valence electrons. The molecule has 0 radical (unpaired) electrons. The number of hydrogen-bond acceptors (Lipinski definition) is 4. The lowest BCUT2D eigenvalue weighted by atomic mass is 10.0. The van der Waals surface area contributed by atoms with Gasteiger partial charge < -0.3 is 20.1 Å². The fourth-order valence-electron chi connectivity index (χ4n) is 2.87. The predicted molar refractivity (Wildman–Crippen MR) is 116 cm³/mol. The molecule has 0 amide bonds. The van der Waals surface area contributed by atoms with Gasteiger partial charge >= 0.3 is 0 Å². The first-order valence-electron chi connectivity index (χ1n) is 9.51. The molecule has 1 aliphatic rings.